The number of rotatable bonds is 1. The van der Waals surface area contributed by atoms with Crippen molar-refractivity contribution in [2.75, 3.05) is 0 Å². The third kappa shape index (κ3) is 2.19. The van der Waals surface area contributed by atoms with Gasteiger partial charge in [-0.3, -0.25) is 0 Å². The Balaban J connectivity index is 2.59. The summed E-state index contributed by atoms with van der Waals surface area (Å²) >= 11 is 14.6. The van der Waals surface area contributed by atoms with Crippen molar-refractivity contribution in [3.63, 3.8) is 0 Å². The second-order valence-electron chi connectivity index (χ2n) is 2.96. The first kappa shape index (κ1) is 11.8. The summed E-state index contributed by atoms with van der Waals surface area (Å²) < 4.78 is 13.8. The molecule has 0 aliphatic heterocycles. The van der Waals surface area contributed by atoms with E-state index in [1.54, 1.807) is 18.2 Å². The molecule has 0 bridgehead atoms. The van der Waals surface area contributed by atoms with E-state index < -0.39 is 5.82 Å². The summed E-state index contributed by atoms with van der Waals surface area (Å²) in [6.07, 6.45) is 1.27. The van der Waals surface area contributed by atoms with E-state index >= 15 is 0 Å². The van der Waals surface area contributed by atoms with Gasteiger partial charge in [-0.05, 0) is 28.1 Å². The quantitative estimate of drug-likeness (QED) is 0.730. The zero-order chi connectivity index (χ0) is 11.7. The van der Waals surface area contributed by atoms with Crippen molar-refractivity contribution in [1.29, 1.82) is 0 Å². The van der Waals surface area contributed by atoms with Crippen molar-refractivity contribution in [2.45, 2.75) is 0 Å². The zero-order valence-electron chi connectivity index (χ0n) is 7.72. The van der Waals surface area contributed by atoms with E-state index in [0.29, 0.717) is 15.6 Å². The van der Waals surface area contributed by atoms with Crippen LogP contribution in [0.25, 0.3) is 11.3 Å². The first-order valence-corrected chi connectivity index (χ1v) is 5.76. The second kappa shape index (κ2) is 4.65. The Labute approximate surface area is 110 Å². The predicted octanol–water partition coefficient (Wildman–Crippen LogP) is 4.35. The molecule has 82 valence electrons. The minimum Gasteiger partial charge on any atom is -0.233 e. The number of hydrogen-bond donors (Lipinski definition) is 0. The van der Waals surface area contributed by atoms with E-state index in [2.05, 4.69) is 25.9 Å². The number of halogens is 4. The van der Waals surface area contributed by atoms with Crippen LogP contribution in [0.2, 0.25) is 10.0 Å². The molecule has 2 rings (SSSR count). The van der Waals surface area contributed by atoms with Crippen LogP contribution < -0.4 is 0 Å². The van der Waals surface area contributed by atoms with Gasteiger partial charge in [0.2, 0.25) is 0 Å². The van der Waals surface area contributed by atoms with Gasteiger partial charge in [0, 0.05) is 5.56 Å². The molecule has 0 saturated heterocycles. The Bertz CT molecular complexity index is 548. The fourth-order valence-corrected chi connectivity index (χ4v) is 1.77. The molecule has 6 heteroatoms. The Morgan fingerprint density at radius 1 is 1.12 bits per heavy atom. The smallest absolute Gasteiger partial charge is 0.182 e. The van der Waals surface area contributed by atoms with Gasteiger partial charge in [-0.2, -0.15) is 0 Å². The molecule has 2 nitrogen and oxygen atoms in total. The number of benzene rings is 1. The van der Waals surface area contributed by atoms with Gasteiger partial charge in [0.15, 0.2) is 5.82 Å². The molecule has 1 aromatic heterocycles. The fraction of sp³-hybridized carbons (Fsp3) is 0. The van der Waals surface area contributed by atoms with Crippen molar-refractivity contribution < 1.29 is 4.39 Å². The first-order chi connectivity index (χ1) is 7.59. The summed E-state index contributed by atoms with van der Waals surface area (Å²) in [5.74, 6) is -0.527. The standard InChI is InChI=1S/C10H4BrCl2FN2/c11-10-8(14)9(15-4-16-10)5-1-2-6(12)7(13)3-5/h1-4H. The maximum absolute atomic E-state index is 13.7. The maximum atomic E-state index is 13.7. The van der Waals surface area contributed by atoms with Gasteiger partial charge in [0.1, 0.15) is 16.6 Å². The fourth-order valence-electron chi connectivity index (χ4n) is 1.19. The minimum atomic E-state index is -0.527. The summed E-state index contributed by atoms with van der Waals surface area (Å²) in [5.41, 5.74) is 0.732. The molecule has 0 atom stereocenters. The van der Waals surface area contributed by atoms with Crippen LogP contribution in [0.3, 0.4) is 0 Å². The van der Waals surface area contributed by atoms with Gasteiger partial charge in [0.05, 0.1) is 10.0 Å². The second-order valence-corrected chi connectivity index (χ2v) is 4.52. The normalized spacial score (nSPS) is 10.5. The Morgan fingerprint density at radius 2 is 1.88 bits per heavy atom. The van der Waals surface area contributed by atoms with Gasteiger partial charge in [-0.25, -0.2) is 14.4 Å². The van der Waals surface area contributed by atoms with Crippen molar-refractivity contribution in [2.24, 2.45) is 0 Å². The average Bonchev–Trinajstić information content (AvgIpc) is 2.26. The van der Waals surface area contributed by atoms with E-state index in [-0.39, 0.29) is 10.3 Å². The molecule has 0 N–H and O–H groups in total. The van der Waals surface area contributed by atoms with Crippen molar-refractivity contribution in [3.8, 4) is 11.3 Å². The lowest BCUT2D eigenvalue weighted by molar-refractivity contribution is 0.609. The molecule has 16 heavy (non-hydrogen) atoms. The van der Waals surface area contributed by atoms with E-state index in [9.17, 15) is 4.39 Å². The molecule has 1 aromatic carbocycles. The van der Waals surface area contributed by atoms with Crippen LogP contribution in [0.4, 0.5) is 4.39 Å². The molecule has 0 amide bonds. The van der Waals surface area contributed by atoms with E-state index in [0.717, 1.165) is 0 Å². The molecule has 0 aliphatic rings. The summed E-state index contributed by atoms with van der Waals surface area (Å²) in [7, 11) is 0. The highest BCUT2D eigenvalue weighted by Crippen LogP contribution is 2.29. The summed E-state index contributed by atoms with van der Waals surface area (Å²) in [6.45, 7) is 0. The molecule has 1 heterocycles. The molecule has 0 spiro atoms. The van der Waals surface area contributed by atoms with E-state index in [1.165, 1.54) is 6.33 Å². The van der Waals surface area contributed by atoms with Gasteiger partial charge in [0.25, 0.3) is 0 Å². The monoisotopic (exact) mass is 320 g/mol. The van der Waals surface area contributed by atoms with Gasteiger partial charge < -0.3 is 0 Å². The van der Waals surface area contributed by atoms with Crippen LogP contribution in [0.1, 0.15) is 0 Å². The highest BCUT2D eigenvalue weighted by atomic mass is 79.9. The third-order valence-electron chi connectivity index (χ3n) is 1.94. The summed E-state index contributed by atoms with van der Waals surface area (Å²) in [4.78, 5) is 7.54. The van der Waals surface area contributed by atoms with Gasteiger partial charge in [-0.1, -0.05) is 29.3 Å². The number of hydrogen-bond acceptors (Lipinski definition) is 2. The predicted molar refractivity (Wildman–Crippen MR) is 65.1 cm³/mol. The van der Waals surface area contributed by atoms with E-state index in [1.807, 2.05) is 0 Å². The molecular weight excluding hydrogens is 318 g/mol. The molecule has 0 aliphatic carbocycles. The van der Waals surface area contributed by atoms with Crippen molar-refractivity contribution >= 4 is 39.1 Å². The van der Waals surface area contributed by atoms with Crippen LogP contribution in [0.5, 0.6) is 0 Å². The van der Waals surface area contributed by atoms with Crippen molar-refractivity contribution in [1.82, 2.24) is 9.97 Å². The van der Waals surface area contributed by atoms with E-state index in [4.69, 9.17) is 23.2 Å². The first-order valence-electron chi connectivity index (χ1n) is 4.21. The topological polar surface area (TPSA) is 25.8 Å². The molecule has 0 radical (unpaired) electrons. The third-order valence-corrected chi connectivity index (χ3v) is 3.23. The van der Waals surface area contributed by atoms with Crippen LogP contribution in [0.15, 0.2) is 29.1 Å². The molecule has 0 fully saturated rings. The lowest BCUT2D eigenvalue weighted by Crippen LogP contribution is -1.93. The van der Waals surface area contributed by atoms with Crippen molar-refractivity contribution in [3.05, 3.63) is 45.0 Å². The summed E-state index contributed by atoms with van der Waals surface area (Å²) in [5, 5.41) is 0.771. The van der Waals surface area contributed by atoms with Crippen LogP contribution in [0, 0.1) is 5.82 Å². The zero-order valence-corrected chi connectivity index (χ0v) is 10.8. The molecule has 0 unspecified atom stereocenters. The average molecular weight is 322 g/mol. The van der Waals surface area contributed by atoms with Crippen LogP contribution in [-0.4, -0.2) is 9.97 Å². The maximum Gasteiger partial charge on any atom is 0.182 e. The highest BCUT2D eigenvalue weighted by Gasteiger charge is 2.11. The van der Waals surface area contributed by atoms with Gasteiger partial charge >= 0.3 is 0 Å². The number of aromatic nitrogens is 2. The van der Waals surface area contributed by atoms with Crippen LogP contribution in [-0.2, 0) is 0 Å². The Morgan fingerprint density at radius 3 is 2.56 bits per heavy atom. The van der Waals surface area contributed by atoms with Crippen LogP contribution >= 0.6 is 39.1 Å². The lowest BCUT2D eigenvalue weighted by Gasteiger charge is -2.04. The largest absolute Gasteiger partial charge is 0.233 e. The summed E-state index contributed by atoms with van der Waals surface area (Å²) in [6, 6.07) is 4.79. The Kier molecular flexibility index (Phi) is 3.42. The Hall–Kier alpha value is -0.710. The SMILES string of the molecule is Fc1c(Br)ncnc1-c1ccc(Cl)c(Cl)c1. The minimum absolute atomic E-state index is 0.114. The molecule has 2 aromatic rings. The van der Waals surface area contributed by atoms with Gasteiger partial charge in [-0.15, -0.1) is 0 Å². The molecular formula is C10H4BrCl2FN2. The molecule has 0 saturated carbocycles. The number of nitrogens with zero attached hydrogens (tertiary/aromatic N) is 2. The lowest BCUT2D eigenvalue weighted by atomic mass is 10.1. The highest BCUT2D eigenvalue weighted by molar-refractivity contribution is 9.10.